The van der Waals surface area contributed by atoms with Crippen molar-refractivity contribution in [3.63, 3.8) is 0 Å². The number of ether oxygens (including phenoxy) is 2. The highest BCUT2D eigenvalue weighted by Crippen LogP contribution is 2.33. The van der Waals surface area contributed by atoms with E-state index >= 15 is 0 Å². The molecule has 0 saturated heterocycles. The molecule has 1 aromatic carbocycles. The molecule has 126 valence electrons. The second-order valence-corrected chi connectivity index (χ2v) is 5.86. The highest BCUT2D eigenvalue weighted by molar-refractivity contribution is 5.20. The van der Waals surface area contributed by atoms with E-state index in [2.05, 4.69) is 31.2 Å². The molecule has 2 nitrogen and oxygen atoms in total. The van der Waals surface area contributed by atoms with Crippen LogP contribution in [-0.4, -0.2) is 13.2 Å². The molecule has 0 bridgehead atoms. The third-order valence-corrected chi connectivity index (χ3v) is 4.08. The number of rotatable bonds is 13. The predicted octanol–water partition coefficient (Wildman–Crippen LogP) is 6.05. The summed E-state index contributed by atoms with van der Waals surface area (Å²) < 4.78 is 12.2. The van der Waals surface area contributed by atoms with Gasteiger partial charge in [0.15, 0.2) is 5.79 Å². The van der Waals surface area contributed by atoms with Crippen molar-refractivity contribution in [2.75, 3.05) is 13.2 Å². The molecular formula is C20H34O2. The summed E-state index contributed by atoms with van der Waals surface area (Å²) in [6.45, 7) is 7.69. The summed E-state index contributed by atoms with van der Waals surface area (Å²) in [5.41, 5.74) is 1.14. The van der Waals surface area contributed by atoms with Gasteiger partial charge in [-0.25, -0.2) is 0 Å². The monoisotopic (exact) mass is 306 g/mol. The highest BCUT2D eigenvalue weighted by Gasteiger charge is 2.32. The Bertz CT molecular complexity index is 355. The third-order valence-electron chi connectivity index (χ3n) is 4.08. The zero-order chi connectivity index (χ0) is 16.1. The smallest absolute Gasteiger partial charge is 0.194 e. The van der Waals surface area contributed by atoms with E-state index in [1.807, 2.05) is 19.9 Å². The minimum atomic E-state index is -0.561. The first-order valence-electron chi connectivity index (χ1n) is 9.12. The van der Waals surface area contributed by atoms with Gasteiger partial charge in [0.1, 0.15) is 0 Å². The number of hydrogen-bond acceptors (Lipinski definition) is 2. The average molecular weight is 306 g/mol. The second kappa shape index (κ2) is 11.7. The molecule has 0 aromatic heterocycles. The first-order chi connectivity index (χ1) is 10.8. The molecule has 1 aromatic rings. The summed E-state index contributed by atoms with van der Waals surface area (Å²) in [5.74, 6) is -0.561. The topological polar surface area (TPSA) is 18.5 Å². The number of unbranched alkanes of at least 4 members (excludes halogenated alkanes) is 6. The summed E-state index contributed by atoms with van der Waals surface area (Å²) in [7, 11) is 0. The van der Waals surface area contributed by atoms with Gasteiger partial charge < -0.3 is 9.47 Å². The maximum atomic E-state index is 6.08. The van der Waals surface area contributed by atoms with Crippen molar-refractivity contribution in [1.82, 2.24) is 0 Å². The fourth-order valence-corrected chi connectivity index (χ4v) is 2.97. The van der Waals surface area contributed by atoms with Crippen LogP contribution in [0.4, 0.5) is 0 Å². The molecule has 0 fully saturated rings. The van der Waals surface area contributed by atoms with Crippen LogP contribution in [0, 0.1) is 0 Å². The molecule has 0 N–H and O–H groups in total. The average Bonchev–Trinajstić information content (AvgIpc) is 2.55. The summed E-state index contributed by atoms with van der Waals surface area (Å²) in [4.78, 5) is 0. The van der Waals surface area contributed by atoms with E-state index in [-0.39, 0.29) is 0 Å². The Balaban J connectivity index is 2.55. The van der Waals surface area contributed by atoms with Gasteiger partial charge in [0, 0.05) is 25.2 Å². The molecule has 0 aliphatic carbocycles. The molecule has 0 saturated carbocycles. The number of hydrogen-bond donors (Lipinski definition) is 0. The van der Waals surface area contributed by atoms with Gasteiger partial charge in [0.2, 0.25) is 0 Å². The van der Waals surface area contributed by atoms with Crippen LogP contribution in [0.15, 0.2) is 30.3 Å². The van der Waals surface area contributed by atoms with Gasteiger partial charge in [0.05, 0.1) is 0 Å². The van der Waals surface area contributed by atoms with Crippen LogP contribution in [0.5, 0.6) is 0 Å². The first-order valence-corrected chi connectivity index (χ1v) is 9.12. The van der Waals surface area contributed by atoms with Crippen LogP contribution in [0.3, 0.4) is 0 Å². The Morgan fingerprint density at radius 1 is 0.727 bits per heavy atom. The molecule has 0 amide bonds. The van der Waals surface area contributed by atoms with E-state index < -0.39 is 5.79 Å². The molecule has 0 aliphatic rings. The van der Waals surface area contributed by atoms with Crippen LogP contribution < -0.4 is 0 Å². The molecule has 2 heteroatoms. The third kappa shape index (κ3) is 6.50. The van der Waals surface area contributed by atoms with Gasteiger partial charge in [-0.05, 0) is 20.3 Å². The Kier molecular flexibility index (Phi) is 10.2. The molecule has 0 heterocycles. The molecule has 1 rings (SSSR count). The Morgan fingerprint density at radius 2 is 1.27 bits per heavy atom. The zero-order valence-electron chi connectivity index (χ0n) is 14.8. The Hall–Kier alpha value is -0.860. The maximum Gasteiger partial charge on any atom is 0.194 e. The molecule has 0 radical (unpaired) electrons. The van der Waals surface area contributed by atoms with Gasteiger partial charge in [-0.3, -0.25) is 0 Å². The summed E-state index contributed by atoms with van der Waals surface area (Å²) in [5, 5.41) is 0. The minimum Gasteiger partial charge on any atom is -0.346 e. The van der Waals surface area contributed by atoms with Crippen molar-refractivity contribution < 1.29 is 9.47 Å². The Labute approximate surface area is 137 Å². The molecular weight excluding hydrogens is 272 g/mol. The normalized spacial score (nSPS) is 11.8. The van der Waals surface area contributed by atoms with E-state index in [0.717, 1.165) is 18.4 Å². The lowest BCUT2D eigenvalue weighted by Gasteiger charge is -2.34. The first kappa shape index (κ1) is 19.2. The lowest BCUT2D eigenvalue weighted by Crippen LogP contribution is -2.33. The SMILES string of the molecule is CCCCCCCCCC(OCC)(OCC)c1ccccc1. The van der Waals surface area contributed by atoms with Crippen LogP contribution >= 0.6 is 0 Å². The lowest BCUT2D eigenvalue weighted by molar-refractivity contribution is -0.247. The summed E-state index contributed by atoms with van der Waals surface area (Å²) in [6.07, 6.45) is 10.1. The zero-order valence-corrected chi connectivity index (χ0v) is 14.8. The standard InChI is InChI=1S/C20H34O2/c1-4-7-8-9-10-11-15-18-20(21-5-2,22-6-3)19-16-13-12-14-17-19/h12-14,16-17H,4-11,15,18H2,1-3H3. The van der Waals surface area contributed by atoms with Crippen molar-refractivity contribution in [1.29, 1.82) is 0 Å². The maximum absolute atomic E-state index is 6.08. The largest absolute Gasteiger partial charge is 0.346 e. The van der Waals surface area contributed by atoms with Crippen LogP contribution in [0.2, 0.25) is 0 Å². The fraction of sp³-hybridized carbons (Fsp3) is 0.700. The molecule has 0 unspecified atom stereocenters. The number of benzene rings is 1. The fourth-order valence-electron chi connectivity index (χ4n) is 2.97. The quantitative estimate of drug-likeness (QED) is 0.326. The van der Waals surface area contributed by atoms with Gasteiger partial charge >= 0.3 is 0 Å². The van der Waals surface area contributed by atoms with Gasteiger partial charge in [-0.1, -0.05) is 75.8 Å². The van der Waals surface area contributed by atoms with E-state index in [0.29, 0.717) is 13.2 Å². The molecule has 0 atom stereocenters. The Morgan fingerprint density at radius 3 is 1.82 bits per heavy atom. The lowest BCUT2D eigenvalue weighted by atomic mass is 9.98. The van der Waals surface area contributed by atoms with Gasteiger partial charge in [-0.15, -0.1) is 0 Å². The summed E-state index contributed by atoms with van der Waals surface area (Å²) >= 11 is 0. The van der Waals surface area contributed by atoms with Crippen molar-refractivity contribution >= 4 is 0 Å². The van der Waals surface area contributed by atoms with Crippen molar-refractivity contribution in [3.8, 4) is 0 Å². The molecule has 22 heavy (non-hydrogen) atoms. The van der Waals surface area contributed by atoms with E-state index in [4.69, 9.17) is 9.47 Å². The second-order valence-electron chi connectivity index (χ2n) is 5.86. The minimum absolute atomic E-state index is 0.561. The predicted molar refractivity (Wildman–Crippen MR) is 94.0 cm³/mol. The van der Waals surface area contributed by atoms with E-state index in [1.54, 1.807) is 0 Å². The van der Waals surface area contributed by atoms with Crippen molar-refractivity contribution in [2.45, 2.75) is 77.9 Å². The van der Waals surface area contributed by atoms with Crippen molar-refractivity contribution in [2.24, 2.45) is 0 Å². The van der Waals surface area contributed by atoms with Crippen molar-refractivity contribution in [3.05, 3.63) is 35.9 Å². The van der Waals surface area contributed by atoms with Crippen LogP contribution in [0.1, 0.15) is 77.7 Å². The van der Waals surface area contributed by atoms with E-state index in [1.165, 1.54) is 38.5 Å². The highest BCUT2D eigenvalue weighted by atomic mass is 16.7. The van der Waals surface area contributed by atoms with Gasteiger partial charge in [-0.2, -0.15) is 0 Å². The summed E-state index contributed by atoms with van der Waals surface area (Å²) in [6, 6.07) is 10.4. The van der Waals surface area contributed by atoms with E-state index in [9.17, 15) is 0 Å². The molecule has 0 aliphatic heterocycles. The molecule has 0 spiro atoms. The van der Waals surface area contributed by atoms with Crippen LogP contribution in [-0.2, 0) is 15.3 Å². The van der Waals surface area contributed by atoms with Gasteiger partial charge in [0.25, 0.3) is 0 Å². The van der Waals surface area contributed by atoms with Crippen LogP contribution in [0.25, 0.3) is 0 Å².